The average molecular weight is 308 g/mol. The van der Waals surface area contributed by atoms with E-state index in [2.05, 4.69) is 10.3 Å². The number of benzene rings is 1. The van der Waals surface area contributed by atoms with Crippen molar-refractivity contribution >= 4 is 28.8 Å². The second-order valence-electron chi connectivity index (χ2n) is 5.07. The highest BCUT2D eigenvalue weighted by molar-refractivity contribution is 6.31. The highest BCUT2D eigenvalue weighted by Gasteiger charge is 2.22. The van der Waals surface area contributed by atoms with Crippen LogP contribution in [0.25, 0.3) is 0 Å². The van der Waals surface area contributed by atoms with Gasteiger partial charge in [0.2, 0.25) is 5.88 Å². The van der Waals surface area contributed by atoms with Gasteiger partial charge in [0.1, 0.15) is 5.82 Å². The zero-order chi connectivity index (χ0) is 14.8. The van der Waals surface area contributed by atoms with Crippen LogP contribution in [0.15, 0.2) is 30.3 Å². The van der Waals surface area contributed by atoms with Crippen LogP contribution in [-0.4, -0.2) is 11.6 Å². The van der Waals surface area contributed by atoms with Crippen LogP contribution in [0.2, 0.25) is 5.02 Å². The highest BCUT2D eigenvalue weighted by Crippen LogP contribution is 2.31. The second-order valence-corrected chi connectivity index (χ2v) is 5.48. The Bertz CT molecular complexity index is 661. The molecule has 0 unspecified atom stereocenters. The zero-order valence-corrected chi connectivity index (χ0v) is 12.0. The van der Waals surface area contributed by atoms with E-state index in [4.69, 9.17) is 22.1 Å². The number of nitrogens with zero attached hydrogens (tertiary/aromatic N) is 1. The summed E-state index contributed by atoms with van der Waals surface area (Å²) >= 11 is 5.75. The lowest BCUT2D eigenvalue weighted by Crippen LogP contribution is -2.05. The van der Waals surface area contributed by atoms with Gasteiger partial charge in [-0.15, -0.1) is 0 Å². The van der Waals surface area contributed by atoms with Crippen molar-refractivity contribution in [3.8, 4) is 5.88 Å². The zero-order valence-electron chi connectivity index (χ0n) is 11.3. The van der Waals surface area contributed by atoms with Crippen molar-refractivity contribution in [1.82, 2.24) is 4.98 Å². The molecule has 0 bridgehead atoms. The lowest BCUT2D eigenvalue weighted by molar-refractivity contribution is 0.290. The van der Waals surface area contributed by atoms with Gasteiger partial charge in [0.05, 0.1) is 23.0 Å². The summed E-state index contributed by atoms with van der Waals surface area (Å²) in [6.45, 7) is 0.617. The number of hydrogen-bond acceptors (Lipinski definition) is 4. The topological polar surface area (TPSA) is 60.2 Å². The first kappa shape index (κ1) is 13.9. The van der Waals surface area contributed by atoms with Crippen molar-refractivity contribution in [2.75, 3.05) is 17.7 Å². The number of aromatic nitrogens is 1. The van der Waals surface area contributed by atoms with E-state index in [9.17, 15) is 4.39 Å². The van der Waals surface area contributed by atoms with Gasteiger partial charge in [0.25, 0.3) is 0 Å². The maximum atomic E-state index is 13.9. The Kier molecular flexibility index (Phi) is 3.84. The Morgan fingerprint density at radius 2 is 2.14 bits per heavy atom. The van der Waals surface area contributed by atoms with Crippen molar-refractivity contribution in [2.45, 2.75) is 12.8 Å². The third-order valence-electron chi connectivity index (χ3n) is 3.26. The van der Waals surface area contributed by atoms with Crippen molar-refractivity contribution in [1.29, 1.82) is 0 Å². The maximum absolute atomic E-state index is 13.9. The minimum absolute atomic E-state index is 0.0562. The molecule has 6 heteroatoms. The van der Waals surface area contributed by atoms with E-state index in [0.29, 0.717) is 29.9 Å². The fourth-order valence-corrected chi connectivity index (χ4v) is 2.03. The van der Waals surface area contributed by atoms with E-state index in [0.717, 1.165) is 0 Å². The molecule has 1 heterocycles. The van der Waals surface area contributed by atoms with Gasteiger partial charge in [-0.1, -0.05) is 17.7 Å². The summed E-state index contributed by atoms with van der Waals surface area (Å²) in [7, 11) is 0. The van der Waals surface area contributed by atoms with E-state index in [1.165, 1.54) is 18.9 Å². The molecule has 0 radical (unpaired) electrons. The van der Waals surface area contributed by atoms with Crippen LogP contribution in [0, 0.1) is 11.7 Å². The van der Waals surface area contributed by atoms with E-state index in [1.54, 1.807) is 24.3 Å². The molecule has 1 aromatic heterocycles. The summed E-state index contributed by atoms with van der Waals surface area (Å²) < 4.78 is 19.4. The molecule has 1 aromatic carbocycles. The Morgan fingerprint density at radius 1 is 1.33 bits per heavy atom. The van der Waals surface area contributed by atoms with E-state index in [1.807, 2.05) is 0 Å². The normalized spacial score (nSPS) is 14.0. The molecule has 1 aliphatic carbocycles. The molecule has 0 amide bonds. The Hall–Kier alpha value is -2.01. The van der Waals surface area contributed by atoms with E-state index in [-0.39, 0.29) is 10.7 Å². The molecule has 110 valence electrons. The number of halogens is 2. The Balaban J connectivity index is 1.78. The molecule has 21 heavy (non-hydrogen) atoms. The molecule has 1 saturated carbocycles. The SMILES string of the molecule is Nc1ccc(Nc2cccc(Cl)c2F)nc1OCC1CC1. The largest absolute Gasteiger partial charge is 0.476 e. The Labute approximate surface area is 127 Å². The summed E-state index contributed by atoms with van der Waals surface area (Å²) in [5.74, 6) is 0.914. The number of rotatable bonds is 5. The van der Waals surface area contributed by atoms with Crippen LogP contribution in [0.1, 0.15) is 12.8 Å². The van der Waals surface area contributed by atoms with Gasteiger partial charge >= 0.3 is 0 Å². The standard InChI is InChI=1S/C15H15ClFN3O/c16-10-2-1-3-12(14(10)17)19-13-7-6-11(18)15(20-13)21-8-9-4-5-9/h1-3,6-7,9H,4-5,8,18H2,(H,19,20). The fraction of sp³-hybridized carbons (Fsp3) is 0.267. The number of nitrogen functional groups attached to an aromatic ring is 1. The van der Waals surface area contributed by atoms with Crippen LogP contribution >= 0.6 is 11.6 Å². The van der Waals surface area contributed by atoms with Crippen LogP contribution in [-0.2, 0) is 0 Å². The molecule has 0 spiro atoms. The molecular formula is C15H15ClFN3O. The molecular weight excluding hydrogens is 293 g/mol. The first-order valence-electron chi connectivity index (χ1n) is 6.74. The molecule has 0 atom stereocenters. The van der Waals surface area contributed by atoms with Crippen molar-refractivity contribution < 1.29 is 9.13 Å². The van der Waals surface area contributed by atoms with Crippen molar-refractivity contribution in [3.63, 3.8) is 0 Å². The quantitative estimate of drug-likeness (QED) is 0.877. The van der Waals surface area contributed by atoms with Gasteiger partial charge < -0.3 is 15.8 Å². The lowest BCUT2D eigenvalue weighted by atomic mass is 10.3. The minimum Gasteiger partial charge on any atom is -0.476 e. The molecule has 1 fully saturated rings. The van der Waals surface area contributed by atoms with Gasteiger partial charge in [-0.25, -0.2) is 4.39 Å². The number of ether oxygens (including phenoxy) is 1. The predicted octanol–water partition coefficient (Wildman–Crippen LogP) is 3.99. The molecule has 2 aromatic rings. The first-order valence-corrected chi connectivity index (χ1v) is 7.11. The van der Waals surface area contributed by atoms with Gasteiger partial charge in [0, 0.05) is 0 Å². The molecule has 4 nitrogen and oxygen atoms in total. The monoisotopic (exact) mass is 307 g/mol. The number of nitrogens with one attached hydrogen (secondary N) is 1. The van der Waals surface area contributed by atoms with Gasteiger partial charge in [-0.05, 0) is 43.0 Å². The predicted molar refractivity (Wildman–Crippen MR) is 81.6 cm³/mol. The smallest absolute Gasteiger partial charge is 0.239 e. The molecule has 1 aliphatic rings. The summed E-state index contributed by atoms with van der Waals surface area (Å²) in [4.78, 5) is 4.27. The van der Waals surface area contributed by atoms with Crippen molar-refractivity contribution in [3.05, 3.63) is 41.2 Å². The van der Waals surface area contributed by atoms with E-state index < -0.39 is 5.82 Å². The molecule has 0 aliphatic heterocycles. The van der Waals surface area contributed by atoms with Gasteiger partial charge in [0.15, 0.2) is 5.82 Å². The van der Waals surface area contributed by atoms with E-state index >= 15 is 0 Å². The average Bonchev–Trinajstić information content (AvgIpc) is 3.28. The van der Waals surface area contributed by atoms with Crippen LogP contribution in [0.4, 0.5) is 21.6 Å². The Morgan fingerprint density at radius 3 is 2.90 bits per heavy atom. The minimum atomic E-state index is -0.516. The van der Waals surface area contributed by atoms with Crippen LogP contribution in [0.3, 0.4) is 0 Å². The third-order valence-corrected chi connectivity index (χ3v) is 3.55. The molecule has 3 rings (SSSR count). The van der Waals surface area contributed by atoms with Gasteiger partial charge in [-0.3, -0.25) is 0 Å². The first-order chi connectivity index (χ1) is 10.1. The van der Waals surface area contributed by atoms with Crippen LogP contribution in [0.5, 0.6) is 5.88 Å². The summed E-state index contributed by atoms with van der Waals surface area (Å²) in [5, 5.41) is 2.93. The van der Waals surface area contributed by atoms with Gasteiger partial charge in [-0.2, -0.15) is 4.98 Å². The highest BCUT2D eigenvalue weighted by atomic mass is 35.5. The van der Waals surface area contributed by atoms with Crippen molar-refractivity contribution in [2.24, 2.45) is 5.92 Å². The number of nitrogens with two attached hydrogens (primary N) is 1. The van der Waals surface area contributed by atoms with Crippen LogP contribution < -0.4 is 15.8 Å². The third kappa shape index (κ3) is 3.36. The number of hydrogen-bond donors (Lipinski definition) is 2. The summed E-state index contributed by atoms with van der Waals surface area (Å²) in [5.41, 5.74) is 6.56. The fourth-order valence-electron chi connectivity index (χ4n) is 1.86. The summed E-state index contributed by atoms with van der Waals surface area (Å²) in [6, 6.07) is 8.09. The molecule has 0 saturated heterocycles. The number of anilines is 3. The maximum Gasteiger partial charge on any atom is 0.239 e. The molecule has 3 N–H and O–H groups in total. The second kappa shape index (κ2) is 5.77. The summed E-state index contributed by atoms with van der Waals surface area (Å²) in [6.07, 6.45) is 2.37. The number of pyridine rings is 1. The lowest BCUT2D eigenvalue weighted by Gasteiger charge is -2.11.